The molecular weight excluding hydrogens is 321 g/mol. The fraction of sp³-hybridized carbons (Fsp3) is 0.444. The molecule has 2 aromatic heterocycles. The molecule has 1 amide bonds. The molecule has 0 saturated carbocycles. The summed E-state index contributed by atoms with van der Waals surface area (Å²) in [5.74, 6) is 0.228. The Balaban J connectivity index is 1.38. The third-order valence-electron chi connectivity index (χ3n) is 5.35. The molecule has 2 saturated heterocycles. The zero-order chi connectivity index (χ0) is 17.3. The van der Waals surface area contributed by atoms with Crippen LogP contribution in [0.15, 0.2) is 36.9 Å². The summed E-state index contributed by atoms with van der Waals surface area (Å²) in [7, 11) is 0. The Morgan fingerprint density at radius 1 is 1.08 bits per heavy atom. The van der Waals surface area contributed by atoms with Crippen LogP contribution in [0, 0.1) is 11.2 Å². The topological polar surface area (TPSA) is 62.2 Å². The molecule has 0 bridgehead atoms. The van der Waals surface area contributed by atoms with Crippen LogP contribution in [0.3, 0.4) is 0 Å². The first-order valence-corrected chi connectivity index (χ1v) is 8.57. The van der Waals surface area contributed by atoms with Crippen molar-refractivity contribution < 1.29 is 9.18 Å². The minimum atomic E-state index is -0.417. The van der Waals surface area contributed by atoms with Gasteiger partial charge in [-0.3, -0.25) is 9.78 Å². The molecule has 6 nitrogen and oxygen atoms in total. The lowest BCUT2D eigenvalue weighted by atomic mass is 9.77. The maximum absolute atomic E-state index is 13.0. The second kappa shape index (κ2) is 6.38. The fourth-order valence-electron chi connectivity index (χ4n) is 3.84. The van der Waals surface area contributed by atoms with Gasteiger partial charge in [-0.2, -0.15) is 0 Å². The normalized spacial score (nSPS) is 19.4. The van der Waals surface area contributed by atoms with Gasteiger partial charge in [-0.15, -0.1) is 0 Å². The van der Waals surface area contributed by atoms with E-state index in [0.717, 1.165) is 45.4 Å². The third-order valence-corrected chi connectivity index (χ3v) is 5.35. The summed E-state index contributed by atoms with van der Waals surface area (Å²) in [4.78, 5) is 28.8. The summed E-state index contributed by atoms with van der Waals surface area (Å²) in [5.41, 5.74) is 0.843. The van der Waals surface area contributed by atoms with Crippen molar-refractivity contribution in [1.29, 1.82) is 0 Å². The Hall–Kier alpha value is -2.57. The van der Waals surface area contributed by atoms with E-state index in [2.05, 4.69) is 19.9 Å². The van der Waals surface area contributed by atoms with Gasteiger partial charge < -0.3 is 9.80 Å². The number of hydrogen-bond acceptors (Lipinski definition) is 5. The van der Waals surface area contributed by atoms with Crippen LogP contribution in [0.4, 0.5) is 10.3 Å². The van der Waals surface area contributed by atoms with Gasteiger partial charge in [0.2, 0.25) is 5.95 Å². The van der Waals surface area contributed by atoms with Gasteiger partial charge in [0.05, 0.1) is 18.0 Å². The number of amides is 1. The number of aromatic nitrogens is 3. The van der Waals surface area contributed by atoms with Crippen molar-refractivity contribution in [3.8, 4) is 0 Å². The van der Waals surface area contributed by atoms with Gasteiger partial charge in [0.15, 0.2) is 5.82 Å². The van der Waals surface area contributed by atoms with Gasteiger partial charge in [0, 0.05) is 38.6 Å². The number of rotatable bonds is 2. The highest BCUT2D eigenvalue weighted by molar-refractivity contribution is 5.93. The summed E-state index contributed by atoms with van der Waals surface area (Å²) < 4.78 is 13.0. The van der Waals surface area contributed by atoms with Gasteiger partial charge >= 0.3 is 0 Å². The van der Waals surface area contributed by atoms with Crippen LogP contribution in [0.25, 0.3) is 0 Å². The van der Waals surface area contributed by atoms with E-state index in [1.165, 1.54) is 12.4 Å². The Kier molecular flexibility index (Phi) is 4.07. The van der Waals surface area contributed by atoms with E-state index in [-0.39, 0.29) is 11.3 Å². The Bertz CT molecular complexity index is 744. The molecule has 7 heteroatoms. The van der Waals surface area contributed by atoms with Gasteiger partial charge in [0.25, 0.3) is 5.91 Å². The maximum Gasteiger partial charge on any atom is 0.255 e. The second-order valence-electron chi connectivity index (χ2n) is 6.91. The molecule has 0 atom stereocenters. The van der Waals surface area contributed by atoms with E-state index < -0.39 is 5.82 Å². The van der Waals surface area contributed by atoms with Crippen molar-refractivity contribution in [2.75, 3.05) is 31.1 Å². The van der Waals surface area contributed by atoms with Crippen LogP contribution in [0.2, 0.25) is 0 Å². The van der Waals surface area contributed by atoms with Crippen LogP contribution < -0.4 is 4.90 Å². The molecule has 2 fully saturated rings. The monoisotopic (exact) mass is 341 g/mol. The predicted octanol–water partition coefficient (Wildman–Crippen LogP) is 2.14. The molecule has 0 aliphatic carbocycles. The third kappa shape index (κ3) is 3.18. The highest BCUT2D eigenvalue weighted by Gasteiger charge is 2.42. The Morgan fingerprint density at radius 2 is 1.80 bits per heavy atom. The Labute approximate surface area is 145 Å². The highest BCUT2D eigenvalue weighted by Crippen LogP contribution is 2.41. The molecule has 4 heterocycles. The average molecular weight is 341 g/mol. The smallest absolute Gasteiger partial charge is 0.255 e. The molecule has 0 radical (unpaired) electrons. The predicted molar refractivity (Wildman–Crippen MR) is 90.6 cm³/mol. The first-order chi connectivity index (χ1) is 12.2. The van der Waals surface area contributed by atoms with Crippen molar-refractivity contribution in [1.82, 2.24) is 19.9 Å². The minimum Gasteiger partial charge on any atom is -0.340 e. The molecule has 0 N–H and O–H groups in total. The SMILES string of the molecule is O=C(c1cccnc1)N1CCC2(CC1)CCN(c1ncc(F)cn1)C2. The Morgan fingerprint density at radius 3 is 2.48 bits per heavy atom. The quantitative estimate of drug-likeness (QED) is 0.837. The van der Waals surface area contributed by atoms with E-state index in [4.69, 9.17) is 0 Å². The lowest BCUT2D eigenvalue weighted by Crippen LogP contribution is -2.44. The van der Waals surface area contributed by atoms with Gasteiger partial charge in [-0.05, 0) is 36.8 Å². The van der Waals surface area contributed by atoms with Crippen molar-refractivity contribution in [3.05, 3.63) is 48.3 Å². The summed E-state index contributed by atoms with van der Waals surface area (Å²) in [6.07, 6.45) is 8.71. The van der Waals surface area contributed by atoms with Crippen molar-refractivity contribution in [2.45, 2.75) is 19.3 Å². The van der Waals surface area contributed by atoms with E-state index in [0.29, 0.717) is 11.5 Å². The van der Waals surface area contributed by atoms with Crippen LogP contribution in [-0.2, 0) is 0 Å². The molecule has 4 rings (SSSR count). The summed E-state index contributed by atoms with van der Waals surface area (Å²) in [6, 6.07) is 3.60. The largest absolute Gasteiger partial charge is 0.340 e. The zero-order valence-corrected chi connectivity index (χ0v) is 13.9. The number of anilines is 1. The summed E-state index contributed by atoms with van der Waals surface area (Å²) >= 11 is 0. The first kappa shape index (κ1) is 15.9. The van der Waals surface area contributed by atoms with Crippen LogP contribution in [0.1, 0.15) is 29.6 Å². The number of hydrogen-bond donors (Lipinski definition) is 0. The average Bonchev–Trinajstić information content (AvgIpc) is 3.07. The number of likely N-dealkylation sites (tertiary alicyclic amines) is 1. The number of carbonyl (C=O) groups excluding carboxylic acids is 1. The first-order valence-electron chi connectivity index (χ1n) is 8.57. The maximum atomic E-state index is 13.0. The molecular formula is C18H20FN5O. The molecule has 0 unspecified atom stereocenters. The molecule has 1 spiro atoms. The highest BCUT2D eigenvalue weighted by atomic mass is 19.1. The van der Waals surface area contributed by atoms with Gasteiger partial charge in [0.1, 0.15) is 0 Å². The molecule has 2 aliphatic heterocycles. The molecule has 25 heavy (non-hydrogen) atoms. The van der Waals surface area contributed by atoms with Crippen LogP contribution in [-0.4, -0.2) is 51.9 Å². The molecule has 2 aliphatic rings. The number of piperidine rings is 1. The van der Waals surface area contributed by atoms with Crippen molar-refractivity contribution in [3.63, 3.8) is 0 Å². The summed E-state index contributed by atoms with van der Waals surface area (Å²) in [6.45, 7) is 3.26. The van der Waals surface area contributed by atoms with Crippen molar-refractivity contribution in [2.24, 2.45) is 5.41 Å². The number of pyridine rings is 1. The van der Waals surface area contributed by atoms with Gasteiger partial charge in [-0.25, -0.2) is 14.4 Å². The van der Waals surface area contributed by atoms with E-state index in [1.807, 2.05) is 11.0 Å². The fourth-order valence-corrected chi connectivity index (χ4v) is 3.84. The van der Waals surface area contributed by atoms with Crippen LogP contribution in [0.5, 0.6) is 0 Å². The second-order valence-corrected chi connectivity index (χ2v) is 6.91. The zero-order valence-electron chi connectivity index (χ0n) is 13.9. The molecule has 130 valence electrons. The van der Waals surface area contributed by atoms with Gasteiger partial charge in [-0.1, -0.05) is 0 Å². The number of carbonyl (C=O) groups is 1. The standard InChI is InChI=1S/C18H20FN5O/c19-15-11-21-17(22-12-15)24-9-5-18(13-24)3-7-23(8-4-18)16(25)14-2-1-6-20-10-14/h1-2,6,10-12H,3-5,7-9,13H2. The van der Waals surface area contributed by atoms with Crippen molar-refractivity contribution >= 4 is 11.9 Å². The van der Waals surface area contributed by atoms with E-state index in [9.17, 15) is 9.18 Å². The van der Waals surface area contributed by atoms with E-state index in [1.54, 1.807) is 18.5 Å². The lowest BCUT2D eigenvalue weighted by Gasteiger charge is -2.39. The molecule has 0 aromatic carbocycles. The molecule has 2 aromatic rings. The van der Waals surface area contributed by atoms with Crippen LogP contribution >= 0.6 is 0 Å². The summed E-state index contributed by atoms with van der Waals surface area (Å²) in [5, 5.41) is 0. The lowest BCUT2D eigenvalue weighted by molar-refractivity contribution is 0.0609. The minimum absolute atomic E-state index is 0.0553. The number of nitrogens with zero attached hydrogens (tertiary/aromatic N) is 5. The van der Waals surface area contributed by atoms with E-state index >= 15 is 0 Å². The number of halogens is 1.